The van der Waals surface area contributed by atoms with Gasteiger partial charge in [-0.05, 0) is 45.7 Å². The molecule has 0 atom stereocenters. The number of nitrogens with one attached hydrogen (secondary N) is 3. The quantitative estimate of drug-likeness (QED) is 0.797. The van der Waals surface area contributed by atoms with Gasteiger partial charge in [0.1, 0.15) is 5.54 Å². The van der Waals surface area contributed by atoms with E-state index in [-0.39, 0.29) is 18.0 Å². The Hall–Kier alpha value is -2.04. The van der Waals surface area contributed by atoms with Crippen LogP contribution in [0, 0.1) is 6.92 Å². The van der Waals surface area contributed by atoms with E-state index in [1.165, 1.54) is 0 Å². The molecule has 3 N–H and O–H groups in total. The topological polar surface area (TPSA) is 70.2 Å². The Kier molecular flexibility index (Phi) is 5.64. The van der Waals surface area contributed by atoms with Gasteiger partial charge < -0.3 is 16.0 Å². The number of amides is 3. The molecule has 5 heteroatoms. The molecule has 0 radical (unpaired) electrons. The zero-order chi connectivity index (χ0) is 16.9. The van der Waals surface area contributed by atoms with Crippen molar-refractivity contribution in [3.05, 3.63) is 29.8 Å². The summed E-state index contributed by atoms with van der Waals surface area (Å²) in [5.41, 5.74) is 1.07. The van der Waals surface area contributed by atoms with Crippen LogP contribution in [0.5, 0.6) is 0 Å². The van der Waals surface area contributed by atoms with Crippen molar-refractivity contribution >= 4 is 17.6 Å². The summed E-state index contributed by atoms with van der Waals surface area (Å²) in [5.74, 6) is -0.0775. The number of hydrogen-bond acceptors (Lipinski definition) is 2. The Balaban J connectivity index is 2.06. The van der Waals surface area contributed by atoms with E-state index in [0.29, 0.717) is 12.8 Å². The first kappa shape index (κ1) is 17.3. The van der Waals surface area contributed by atoms with Crippen molar-refractivity contribution in [2.24, 2.45) is 0 Å². The Morgan fingerprint density at radius 1 is 1.04 bits per heavy atom. The minimum atomic E-state index is -0.794. The first-order valence-electron chi connectivity index (χ1n) is 8.38. The molecule has 1 fully saturated rings. The van der Waals surface area contributed by atoms with Crippen LogP contribution in [0.2, 0.25) is 0 Å². The second-order valence-electron chi connectivity index (χ2n) is 6.72. The number of hydrogen-bond donors (Lipinski definition) is 3. The molecule has 3 amide bonds. The van der Waals surface area contributed by atoms with Crippen LogP contribution in [-0.4, -0.2) is 23.5 Å². The van der Waals surface area contributed by atoms with Crippen LogP contribution in [0.25, 0.3) is 0 Å². The average molecular weight is 317 g/mol. The SMILES string of the molecule is Cc1ccc(NC(=O)NC2(C(=O)NC(C)C)CCCCC2)cc1. The molecule has 0 unspecified atom stereocenters. The van der Waals surface area contributed by atoms with Crippen LogP contribution in [0.4, 0.5) is 10.5 Å². The number of benzene rings is 1. The van der Waals surface area contributed by atoms with E-state index in [4.69, 9.17) is 0 Å². The Labute approximate surface area is 138 Å². The summed E-state index contributed by atoms with van der Waals surface area (Å²) in [5, 5.41) is 8.71. The van der Waals surface area contributed by atoms with Gasteiger partial charge in [-0.25, -0.2) is 4.79 Å². The van der Waals surface area contributed by atoms with Gasteiger partial charge in [0.05, 0.1) is 0 Å². The number of aryl methyl sites for hydroxylation is 1. The van der Waals surface area contributed by atoms with Gasteiger partial charge in [0.2, 0.25) is 5.91 Å². The maximum absolute atomic E-state index is 12.6. The Morgan fingerprint density at radius 3 is 2.22 bits per heavy atom. The van der Waals surface area contributed by atoms with Crippen molar-refractivity contribution in [1.29, 1.82) is 0 Å². The van der Waals surface area contributed by atoms with Crippen LogP contribution >= 0.6 is 0 Å². The molecule has 0 aromatic heterocycles. The first-order valence-corrected chi connectivity index (χ1v) is 8.38. The third kappa shape index (κ3) is 4.71. The van der Waals surface area contributed by atoms with Gasteiger partial charge in [-0.3, -0.25) is 4.79 Å². The van der Waals surface area contributed by atoms with Crippen LogP contribution < -0.4 is 16.0 Å². The molecule has 0 bridgehead atoms. The van der Waals surface area contributed by atoms with Gasteiger partial charge >= 0.3 is 6.03 Å². The summed E-state index contributed by atoms with van der Waals surface area (Å²) in [6.45, 7) is 5.86. The molecule has 0 aliphatic heterocycles. The van der Waals surface area contributed by atoms with E-state index in [9.17, 15) is 9.59 Å². The van der Waals surface area contributed by atoms with Gasteiger partial charge in [0, 0.05) is 11.7 Å². The molecule has 126 valence electrons. The van der Waals surface area contributed by atoms with Crippen molar-refractivity contribution in [2.75, 3.05) is 5.32 Å². The summed E-state index contributed by atoms with van der Waals surface area (Å²) in [4.78, 5) is 25.0. The molecule has 1 saturated carbocycles. The fourth-order valence-corrected chi connectivity index (χ4v) is 2.98. The first-order chi connectivity index (χ1) is 10.9. The Bertz CT molecular complexity index is 546. The normalized spacial score (nSPS) is 16.7. The predicted molar refractivity (Wildman–Crippen MR) is 92.4 cm³/mol. The molecular formula is C18H27N3O2. The lowest BCUT2D eigenvalue weighted by atomic mass is 9.80. The third-order valence-corrected chi connectivity index (χ3v) is 4.22. The van der Waals surface area contributed by atoms with Crippen molar-refractivity contribution in [1.82, 2.24) is 10.6 Å². The molecule has 1 aliphatic carbocycles. The summed E-state index contributed by atoms with van der Waals surface area (Å²) < 4.78 is 0. The van der Waals surface area contributed by atoms with E-state index in [0.717, 1.165) is 30.5 Å². The van der Waals surface area contributed by atoms with Gasteiger partial charge in [-0.1, -0.05) is 37.0 Å². The fourth-order valence-electron chi connectivity index (χ4n) is 2.98. The lowest BCUT2D eigenvalue weighted by molar-refractivity contribution is -0.129. The van der Waals surface area contributed by atoms with Crippen LogP contribution in [0.3, 0.4) is 0 Å². The standard InChI is InChI=1S/C18H27N3O2/c1-13(2)19-16(22)18(11-5-4-6-12-18)21-17(23)20-15-9-7-14(3)8-10-15/h7-10,13H,4-6,11-12H2,1-3H3,(H,19,22)(H2,20,21,23). The third-order valence-electron chi connectivity index (χ3n) is 4.22. The highest BCUT2D eigenvalue weighted by atomic mass is 16.2. The molecule has 2 rings (SSSR count). The van der Waals surface area contributed by atoms with E-state index >= 15 is 0 Å². The summed E-state index contributed by atoms with van der Waals surface area (Å²) in [6, 6.07) is 7.33. The highest BCUT2D eigenvalue weighted by Gasteiger charge is 2.41. The second kappa shape index (κ2) is 7.49. The van der Waals surface area contributed by atoms with Crippen molar-refractivity contribution in [3.63, 3.8) is 0 Å². The van der Waals surface area contributed by atoms with Crippen LogP contribution in [-0.2, 0) is 4.79 Å². The van der Waals surface area contributed by atoms with E-state index in [1.54, 1.807) is 0 Å². The number of carbonyl (C=O) groups is 2. The predicted octanol–water partition coefficient (Wildman–Crippen LogP) is 3.34. The van der Waals surface area contributed by atoms with Gasteiger partial charge in [-0.2, -0.15) is 0 Å². The number of rotatable bonds is 4. The lowest BCUT2D eigenvalue weighted by Crippen LogP contribution is -2.61. The number of anilines is 1. The van der Waals surface area contributed by atoms with Crippen molar-refractivity contribution in [2.45, 2.75) is 64.5 Å². The fraction of sp³-hybridized carbons (Fsp3) is 0.556. The minimum absolute atomic E-state index is 0.0586. The largest absolute Gasteiger partial charge is 0.352 e. The summed E-state index contributed by atoms with van der Waals surface area (Å²) in [7, 11) is 0. The molecule has 1 aromatic rings. The van der Waals surface area contributed by atoms with E-state index in [2.05, 4.69) is 16.0 Å². The van der Waals surface area contributed by atoms with Gasteiger partial charge in [0.15, 0.2) is 0 Å². The highest BCUT2D eigenvalue weighted by molar-refractivity contribution is 5.96. The molecule has 1 aromatic carbocycles. The molecule has 0 saturated heterocycles. The van der Waals surface area contributed by atoms with Crippen LogP contribution in [0.15, 0.2) is 24.3 Å². The monoisotopic (exact) mass is 317 g/mol. The zero-order valence-corrected chi connectivity index (χ0v) is 14.2. The van der Waals surface area contributed by atoms with Crippen LogP contribution in [0.1, 0.15) is 51.5 Å². The molecule has 0 heterocycles. The minimum Gasteiger partial charge on any atom is -0.352 e. The number of carbonyl (C=O) groups excluding carboxylic acids is 2. The van der Waals surface area contributed by atoms with Gasteiger partial charge in [0.25, 0.3) is 0 Å². The summed E-state index contributed by atoms with van der Waals surface area (Å²) >= 11 is 0. The molecule has 5 nitrogen and oxygen atoms in total. The smallest absolute Gasteiger partial charge is 0.320 e. The van der Waals surface area contributed by atoms with E-state index in [1.807, 2.05) is 45.0 Å². The maximum atomic E-state index is 12.6. The average Bonchev–Trinajstić information content (AvgIpc) is 2.50. The summed E-state index contributed by atoms with van der Waals surface area (Å²) in [6.07, 6.45) is 4.39. The highest BCUT2D eigenvalue weighted by Crippen LogP contribution is 2.29. The zero-order valence-electron chi connectivity index (χ0n) is 14.2. The number of urea groups is 1. The molecule has 0 spiro atoms. The lowest BCUT2D eigenvalue weighted by Gasteiger charge is -2.37. The van der Waals surface area contributed by atoms with Crippen molar-refractivity contribution in [3.8, 4) is 0 Å². The Morgan fingerprint density at radius 2 is 1.65 bits per heavy atom. The molecule has 23 heavy (non-hydrogen) atoms. The molecular weight excluding hydrogens is 290 g/mol. The molecule has 1 aliphatic rings. The second-order valence-corrected chi connectivity index (χ2v) is 6.72. The van der Waals surface area contributed by atoms with Gasteiger partial charge in [-0.15, -0.1) is 0 Å². The maximum Gasteiger partial charge on any atom is 0.320 e. The van der Waals surface area contributed by atoms with E-state index < -0.39 is 5.54 Å². The van der Waals surface area contributed by atoms with Crippen molar-refractivity contribution < 1.29 is 9.59 Å².